The Kier molecular flexibility index (Phi) is 6.29. The van der Waals surface area contributed by atoms with E-state index < -0.39 is 5.97 Å². The average Bonchev–Trinajstić information content (AvgIpc) is 3.14. The maximum atomic E-state index is 12.1. The average molecular weight is 352 g/mol. The molecule has 1 atom stereocenters. The highest BCUT2D eigenvalue weighted by Gasteiger charge is 2.19. The summed E-state index contributed by atoms with van der Waals surface area (Å²) in [6.07, 6.45) is 1.89. The summed E-state index contributed by atoms with van der Waals surface area (Å²) in [5.74, 6) is -0.778. The first-order valence-corrected chi connectivity index (χ1v) is 9.23. The van der Waals surface area contributed by atoms with Gasteiger partial charge in [0.05, 0.1) is 5.69 Å². The molecule has 1 N–H and O–H groups in total. The number of thiophene rings is 1. The maximum absolute atomic E-state index is 12.1. The number of aryl methyl sites for hydroxylation is 1. The lowest BCUT2D eigenvalue weighted by molar-refractivity contribution is -0.124. The number of ether oxygens (including phenoxy) is 1. The molecule has 7 heteroatoms. The SMILES string of the molecule is CCCC(C)NC(=O)COC(=O)c1sc(-c2ccsc2)nc1C. The van der Waals surface area contributed by atoms with Gasteiger partial charge in [-0.25, -0.2) is 9.78 Å². The minimum Gasteiger partial charge on any atom is -0.451 e. The predicted molar refractivity (Wildman–Crippen MR) is 93.0 cm³/mol. The Morgan fingerprint density at radius 1 is 1.43 bits per heavy atom. The first-order chi connectivity index (χ1) is 11.0. The minimum absolute atomic E-state index is 0.0848. The summed E-state index contributed by atoms with van der Waals surface area (Å²) in [7, 11) is 0. The fourth-order valence-electron chi connectivity index (χ4n) is 2.11. The molecule has 2 rings (SSSR count). The van der Waals surface area contributed by atoms with Gasteiger partial charge in [0.1, 0.15) is 9.88 Å². The van der Waals surface area contributed by atoms with Crippen molar-refractivity contribution in [1.29, 1.82) is 0 Å². The predicted octanol–water partition coefficient (Wildman–Crippen LogP) is 3.64. The summed E-state index contributed by atoms with van der Waals surface area (Å²) in [6, 6.07) is 2.04. The quantitative estimate of drug-likeness (QED) is 0.773. The minimum atomic E-state index is -0.500. The van der Waals surface area contributed by atoms with Crippen LogP contribution in [0.5, 0.6) is 0 Å². The monoisotopic (exact) mass is 352 g/mol. The molecule has 0 aliphatic heterocycles. The fraction of sp³-hybridized carbons (Fsp3) is 0.438. The van der Waals surface area contributed by atoms with E-state index in [2.05, 4.69) is 17.2 Å². The van der Waals surface area contributed by atoms with E-state index in [1.165, 1.54) is 11.3 Å². The lowest BCUT2D eigenvalue weighted by Gasteiger charge is -2.12. The zero-order valence-electron chi connectivity index (χ0n) is 13.4. The zero-order chi connectivity index (χ0) is 16.8. The summed E-state index contributed by atoms with van der Waals surface area (Å²) >= 11 is 2.87. The number of aromatic nitrogens is 1. The number of hydrogen-bond acceptors (Lipinski definition) is 6. The van der Waals surface area contributed by atoms with E-state index in [1.54, 1.807) is 18.3 Å². The van der Waals surface area contributed by atoms with Gasteiger partial charge in [0.15, 0.2) is 6.61 Å². The first-order valence-electron chi connectivity index (χ1n) is 7.47. The van der Waals surface area contributed by atoms with E-state index in [-0.39, 0.29) is 18.6 Å². The number of esters is 1. The molecule has 23 heavy (non-hydrogen) atoms. The molecule has 1 amide bonds. The van der Waals surface area contributed by atoms with E-state index >= 15 is 0 Å². The van der Waals surface area contributed by atoms with Gasteiger partial charge in [-0.1, -0.05) is 13.3 Å². The van der Waals surface area contributed by atoms with E-state index in [0.29, 0.717) is 10.6 Å². The smallest absolute Gasteiger partial charge is 0.350 e. The number of thiazole rings is 1. The fourth-order valence-corrected chi connectivity index (χ4v) is 3.79. The molecule has 0 radical (unpaired) electrons. The van der Waals surface area contributed by atoms with Crippen molar-refractivity contribution in [2.75, 3.05) is 6.61 Å². The van der Waals surface area contributed by atoms with Crippen molar-refractivity contribution in [3.63, 3.8) is 0 Å². The van der Waals surface area contributed by atoms with Crippen LogP contribution >= 0.6 is 22.7 Å². The maximum Gasteiger partial charge on any atom is 0.350 e. The van der Waals surface area contributed by atoms with Gasteiger partial charge in [-0.2, -0.15) is 11.3 Å². The molecule has 0 bridgehead atoms. The molecule has 2 heterocycles. The molecule has 2 aromatic heterocycles. The highest BCUT2D eigenvalue weighted by molar-refractivity contribution is 7.17. The number of carbonyl (C=O) groups is 2. The second-order valence-corrected chi connectivity index (χ2v) is 7.06. The Labute approximate surface area is 143 Å². The van der Waals surface area contributed by atoms with Gasteiger partial charge in [-0.05, 0) is 31.7 Å². The standard InChI is InChI=1S/C16H20N2O3S2/c1-4-5-10(2)17-13(19)8-21-16(20)14-11(3)18-15(23-14)12-6-7-22-9-12/h6-7,9-10H,4-5,8H2,1-3H3,(H,17,19). The topological polar surface area (TPSA) is 68.3 Å². The van der Waals surface area contributed by atoms with Crippen molar-refractivity contribution in [3.05, 3.63) is 27.4 Å². The van der Waals surface area contributed by atoms with Crippen LogP contribution in [0.2, 0.25) is 0 Å². The van der Waals surface area contributed by atoms with Crippen molar-refractivity contribution in [1.82, 2.24) is 10.3 Å². The van der Waals surface area contributed by atoms with Gasteiger partial charge in [0.25, 0.3) is 5.91 Å². The van der Waals surface area contributed by atoms with Crippen LogP contribution in [0, 0.1) is 6.92 Å². The van der Waals surface area contributed by atoms with Gasteiger partial charge in [0.2, 0.25) is 0 Å². The molecule has 0 aliphatic rings. The molecular weight excluding hydrogens is 332 g/mol. The summed E-state index contributed by atoms with van der Waals surface area (Å²) in [6.45, 7) is 5.49. The van der Waals surface area contributed by atoms with Crippen LogP contribution in [0.3, 0.4) is 0 Å². The normalized spacial score (nSPS) is 12.0. The molecule has 0 saturated carbocycles. The second-order valence-electron chi connectivity index (χ2n) is 5.28. The van der Waals surface area contributed by atoms with Crippen LogP contribution in [0.1, 0.15) is 42.1 Å². The number of carbonyl (C=O) groups excluding carboxylic acids is 2. The van der Waals surface area contributed by atoms with Gasteiger partial charge < -0.3 is 10.1 Å². The molecule has 0 aliphatic carbocycles. The highest BCUT2D eigenvalue weighted by atomic mass is 32.1. The highest BCUT2D eigenvalue weighted by Crippen LogP contribution is 2.29. The zero-order valence-corrected chi connectivity index (χ0v) is 15.1. The molecule has 124 valence electrons. The van der Waals surface area contributed by atoms with E-state index in [0.717, 1.165) is 23.4 Å². The van der Waals surface area contributed by atoms with Crippen LogP contribution < -0.4 is 5.32 Å². The molecular formula is C16H20N2O3S2. The molecule has 0 aromatic carbocycles. The van der Waals surface area contributed by atoms with E-state index in [9.17, 15) is 9.59 Å². The summed E-state index contributed by atoms with van der Waals surface area (Å²) in [5, 5.41) is 7.54. The van der Waals surface area contributed by atoms with E-state index in [4.69, 9.17) is 4.74 Å². The van der Waals surface area contributed by atoms with Crippen LogP contribution in [0.15, 0.2) is 16.8 Å². The number of nitrogens with zero attached hydrogens (tertiary/aromatic N) is 1. The molecule has 0 spiro atoms. The Hall–Kier alpha value is -1.73. The van der Waals surface area contributed by atoms with Crippen LogP contribution in [-0.4, -0.2) is 29.5 Å². The lowest BCUT2D eigenvalue weighted by atomic mass is 10.2. The number of amides is 1. The summed E-state index contributed by atoms with van der Waals surface area (Å²) in [4.78, 5) is 28.7. The summed E-state index contributed by atoms with van der Waals surface area (Å²) in [5.41, 5.74) is 1.62. The van der Waals surface area contributed by atoms with Crippen molar-refractivity contribution in [3.8, 4) is 10.6 Å². The van der Waals surface area contributed by atoms with Gasteiger partial charge in [-0.15, -0.1) is 11.3 Å². The van der Waals surface area contributed by atoms with Gasteiger partial charge in [0, 0.05) is 17.0 Å². The lowest BCUT2D eigenvalue weighted by Crippen LogP contribution is -2.35. The number of rotatable bonds is 7. The van der Waals surface area contributed by atoms with Crippen molar-refractivity contribution in [2.24, 2.45) is 0 Å². The third-order valence-corrected chi connectivity index (χ3v) is 5.08. The van der Waals surface area contributed by atoms with Crippen molar-refractivity contribution in [2.45, 2.75) is 39.7 Å². The van der Waals surface area contributed by atoms with Crippen LogP contribution in [-0.2, 0) is 9.53 Å². The molecule has 0 saturated heterocycles. The van der Waals surface area contributed by atoms with Gasteiger partial charge in [-0.3, -0.25) is 4.79 Å². The largest absolute Gasteiger partial charge is 0.451 e. The Morgan fingerprint density at radius 3 is 2.87 bits per heavy atom. The molecule has 0 fully saturated rings. The van der Waals surface area contributed by atoms with Gasteiger partial charge >= 0.3 is 5.97 Å². The molecule has 1 unspecified atom stereocenters. The van der Waals surface area contributed by atoms with Crippen LogP contribution in [0.25, 0.3) is 10.6 Å². The van der Waals surface area contributed by atoms with Crippen molar-refractivity contribution < 1.29 is 14.3 Å². The molecule has 2 aromatic rings. The van der Waals surface area contributed by atoms with Crippen molar-refractivity contribution >= 4 is 34.6 Å². The second kappa shape index (κ2) is 8.21. The third-order valence-electron chi connectivity index (χ3n) is 3.21. The summed E-state index contributed by atoms with van der Waals surface area (Å²) < 4.78 is 5.10. The Balaban J connectivity index is 1.92. The number of hydrogen-bond donors (Lipinski definition) is 1. The van der Waals surface area contributed by atoms with Crippen LogP contribution in [0.4, 0.5) is 0 Å². The Morgan fingerprint density at radius 2 is 2.22 bits per heavy atom. The number of nitrogens with one attached hydrogen (secondary N) is 1. The Bertz CT molecular complexity index is 665. The first kappa shape index (κ1) is 17.6. The third kappa shape index (κ3) is 4.87. The molecule has 5 nitrogen and oxygen atoms in total. The van der Waals surface area contributed by atoms with E-state index in [1.807, 2.05) is 23.8 Å².